The van der Waals surface area contributed by atoms with Crippen molar-refractivity contribution < 1.29 is 9.53 Å². The van der Waals surface area contributed by atoms with E-state index in [0.29, 0.717) is 5.92 Å². The van der Waals surface area contributed by atoms with Crippen LogP contribution in [0.25, 0.3) is 0 Å². The highest BCUT2D eigenvalue weighted by Crippen LogP contribution is 2.25. The van der Waals surface area contributed by atoms with Gasteiger partial charge in [-0.3, -0.25) is 9.69 Å². The molecule has 0 bridgehead atoms. The largest absolute Gasteiger partial charge is 0.379 e. The number of benzene rings is 1. The van der Waals surface area contributed by atoms with Gasteiger partial charge in [0.05, 0.1) is 19.1 Å². The standard InChI is InChI=1S/C25H40N4O2/c30-25(26-9-13-27-14-16-31-17-15-27)24-18-23(19-28-10-4-5-11-28)20-29(21-24)12-8-22-6-2-1-3-7-22/h1-3,6-7,23-24H,4-5,8-21H2,(H,26,30)/t23-,24-/m1/s1. The Bertz CT molecular complexity index is 659. The van der Waals surface area contributed by atoms with Gasteiger partial charge in [-0.05, 0) is 50.3 Å². The van der Waals surface area contributed by atoms with Crippen LogP contribution in [0.2, 0.25) is 0 Å². The fourth-order valence-corrected chi connectivity index (χ4v) is 5.38. The van der Waals surface area contributed by atoms with Gasteiger partial charge in [-0.25, -0.2) is 0 Å². The Labute approximate surface area is 187 Å². The van der Waals surface area contributed by atoms with Gasteiger partial charge in [0, 0.05) is 52.4 Å². The molecule has 1 aromatic rings. The van der Waals surface area contributed by atoms with Crippen LogP contribution in [-0.2, 0) is 16.0 Å². The average molecular weight is 429 g/mol. The SMILES string of the molecule is O=C(NCCN1CCOCC1)[C@@H]1C[C@H](CN2CCCC2)CN(CCc2ccccc2)C1. The molecular weight excluding hydrogens is 388 g/mol. The second-order valence-electron chi connectivity index (χ2n) is 9.55. The van der Waals surface area contributed by atoms with Crippen LogP contribution in [0.15, 0.2) is 30.3 Å². The number of nitrogens with zero attached hydrogens (tertiary/aromatic N) is 3. The molecule has 0 unspecified atom stereocenters. The zero-order valence-corrected chi connectivity index (χ0v) is 19.0. The number of amides is 1. The summed E-state index contributed by atoms with van der Waals surface area (Å²) in [7, 11) is 0. The lowest BCUT2D eigenvalue weighted by molar-refractivity contribution is -0.127. The summed E-state index contributed by atoms with van der Waals surface area (Å²) in [4.78, 5) is 20.6. The van der Waals surface area contributed by atoms with Gasteiger partial charge in [0.15, 0.2) is 0 Å². The molecule has 6 nitrogen and oxygen atoms in total. The van der Waals surface area contributed by atoms with Gasteiger partial charge < -0.3 is 19.9 Å². The summed E-state index contributed by atoms with van der Waals surface area (Å²) in [5, 5.41) is 3.25. The average Bonchev–Trinajstić information content (AvgIpc) is 3.32. The number of nitrogens with one attached hydrogen (secondary N) is 1. The lowest BCUT2D eigenvalue weighted by Gasteiger charge is -2.38. The maximum Gasteiger partial charge on any atom is 0.224 e. The van der Waals surface area contributed by atoms with E-state index in [4.69, 9.17) is 4.74 Å². The Morgan fingerprint density at radius 1 is 0.935 bits per heavy atom. The second kappa shape index (κ2) is 12.0. The quantitative estimate of drug-likeness (QED) is 0.649. The van der Waals surface area contributed by atoms with E-state index in [-0.39, 0.29) is 11.8 Å². The van der Waals surface area contributed by atoms with Gasteiger partial charge in [0.25, 0.3) is 0 Å². The van der Waals surface area contributed by atoms with E-state index < -0.39 is 0 Å². The number of hydrogen-bond acceptors (Lipinski definition) is 5. The van der Waals surface area contributed by atoms with E-state index >= 15 is 0 Å². The molecule has 1 N–H and O–H groups in total. The Morgan fingerprint density at radius 2 is 1.71 bits per heavy atom. The van der Waals surface area contributed by atoms with E-state index in [2.05, 4.69) is 50.3 Å². The van der Waals surface area contributed by atoms with Crippen LogP contribution in [0.1, 0.15) is 24.8 Å². The molecule has 6 heteroatoms. The third-order valence-electron chi connectivity index (χ3n) is 7.09. The third-order valence-corrected chi connectivity index (χ3v) is 7.09. The van der Waals surface area contributed by atoms with E-state index in [1.807, 2.05) is 0 Å². The summed E-state index contributed by atoms with van der Waals surface area (Å²) in [5.41, 5.74) is 1.38. The predicted octanol–water partition coefficient (Wildman–Crippen LogP) is 1.71. The van der Waals surface area contributed by atoms with Crippen LogP contribution >= 0.6 is 0 Å². The molecule has 0 aromatic heterocycles. The molecule has 3 aliphatic rings. The highest BCUT2D eigenvalue weighted by atomic mass is 16.5. The second-order valence-corrected chi connectivity index (χ2v) is 9.55. The van der Waals surface area contributed by atoms with Crippen LogP contribution in [0.5, 0.6) is 0 Å². The first-order chi connectivity index (χ1) is 15.3. The van der Waals surface area contributed by atoms with Gasteiger partial charge >= 0.3 is 0 Å². The molecule has 2 atom stereocenters. The van der Waals surface area contributed by atoms with Gasteiger partial charge in [-0.2, -0.15) is 0 Å². The van der Waals surface area contributed by atoms with Crippen molar-refractivity contribution >= 4 is 5.91 Å². The van der Waals surface area contributed by atoms with Crippen LogP contribution < -0.4 is 5.32 Å². The van der Waals surface area contributed by atoms with Crippen molar-refractivity contribution in [1.82, 2.24) is 20.0 Å². The topological polar surface area (TPSA) is 48.1 Å². The van der Waals surface area contributed by atoms with E-state index in [1.165, 1.54) is 31.5 Å². The van der Waals surface area contributed by atoms with Crippen LogP contribution in [0, 0.1) is 11.8 Å². The normalized spacial score (nSPS) is 26.2. The zero-order valence-electron chi connectivity index (χ0n) is 19.0. The van der Waals surface area contributed by atoms with E-state index in [9.17, 15) is 4.79 Å². The maximum atomic E-state index is 13.0. The molecule has 0 saturated carbocycles. The Kier molecular flexibility index (Phi) is 8.76. The van der Waals surface area contributed by atoms with Gasteiger partial charge in [0.1, 0.15) is 0 Å². The first-order valence-electron chi connectivity index (χ1n) is 12.3. The molecule has 4 rings (SSSR count). The zero-order chi connectivity index (χ0) is 21.3. The third kappa shape index (κ3) is 7.28. The first-order valence-corrected chi connectivity index (χ1v) is 12.3. The molecule has 0 aliphatic carbocycles. The maximum absolute atomic E-state index is 13.0. The monoisotopic (exact) mass is 428 g/mol. The van der Waals surface area contributed by atoms with Crippen LogP contribution in [0.4, 0.5) is 0 Å². The fraction of sp³-hybridized carbons (Fsp3) is 0.720. The highest BCUT2D eigenvalue weighted by molar-refractivity contribution is 5.79. The van der Waals surface area contributed by atoms with E-state index in [0.717, 1.165) is 78.4 Å². The van der Waals surface area contributed by atoms with Crippen LogP contribution in [-0.4, -0.2) is 99.3 Å². The Balaban J connectivity index is 1.28. The first kappa shape index (κ1) is 22.7. The molecule has 0 radical (unpaired) electrons. The number of morpholine rings is 1. The Morgan fingerprint density at radius 3 is 2.48 bits per heavy atom. The lowest BCUT2D eigenvalue weighted by atomic mass is 9.87. The number of piperidine rings is 1. The van der Waals surface area contributed by atoms with Gasteiger partial charge in [0.2, 0.25) is 5.91 Å². The molecule has 1 aromatic carbocycles. The minimum Gasteiger partial charge on any atom is -0.379 e. The van der Waals surface area contributed by atoms with E-state index in [1.54, 1.807) is 0 Å². The Hall–Kier alpha value is -1.47. The van der Waals surface area contributed by atoms with Crippen molar-refractivity contribution in [3.8, 4) is 0 Å². The number of carbonyl (C=O) groups excluding carboxylic acids is 1. The van der Waals surface area contributed by atoms with Crippen molar-refractivity contribution in [2.24, 2.45) is 11.8 Å². The molecule has 31 heavy (non-hydrogen) atoms. The summed E-state index contributed by atoms with van der Waals surface area (Å²) in [6.45, 7) is 11.9. The number of ether oxygens (including phenoxy) is 1. The van der Waals surface area contributed by atoms with Crippen molar-refractivity contribution in [2.75, 3.05) is 78.7 Å². The van der Waals surface area contributed by atoms with Crippen molar-refractivity contribution in [3.05, 3.63) is 35.9 Å². The summed E-state index contributed by atoms with van der Waals surface area (Å²) in [6.07, 6.45) is 4.75. The number of carbonyl (C=O) groups is 1. The molecule has 172 valence electrons. The molecular formula is C25H40N4O2. The lowest BCUT2D eigenvalue weighted by Crippen LogP contribution is -2.50. The van der Waals surface area contributed by atoms with Crippen LogP contribution in [0.3, 0.4) is 0 Å². The molecule has 0 spiro atoms. The molecule has 3 heterocycles. The molecule has 3 saturated heterocycles. The predicted molar refractivity (Wildman–Crippen MR) is 124 cm³/mol. The number of likely N-dealkylation sites (tertiary alicyclic amines) is 2. The number of hydrogen-bond donors (Lipinski definition) is 1. The highest BCUT2D eigenvalue weighted by Gasteiger charge is 2.32. The summed E-state index contributed by atoms with van der Waals surface area (Å²) >= 11 is 0. The number of rotatable bonds is 9. The fourth-order valence-electron chi connectivity index (χ4n) is 5.38. The van der Waals surface area contributed by atoms with Crippen molar-refractivity contribution in [2.45, 2.75) is 25.7 Å². The minimum atomic E-state index is 0.113. The molecule has 1 amide bonds. The summed E-state index contributed by atoms with van der Waals surface area (Å²) < 4.78 is 5.42. The minimum absolute atomic E-state index is 0.113. The van der Waals surface area contributed by atoms with Gasteiger partial charge in [-0.1, -0.05) is 30.3 Å². The van der Waals surface area contributed by atoms with Crippen molar-refractivity contribution in [3.63, 3.8) is 0 Å². The van der Waals surface area contributed by atoms with Gasteiger partial charge in [-0.15, -0.1) is 0 Å². The summed E-state index contributed by atoms with van der Waals surface area (Å²) in [6, 6.07) is 10.7. The molecule has 3 fully saturated rings. The van der Waals surface area contributed by atoms with Crippen molar-refractivity contribution in [1.29, 1.82) is 0 Å². The smallest absolute Gasteiger partial charge is 0.224 e. The summed E-state index contributed by atoms with van der Waals surface area (Å²) in [5.74, 6) is 0.962. The molecule has 3 aliphatic heterocycles.